The summed E-state index contributed by atoms with van der Waals surface area (Å²) < 4.78 is 21.3. The van der Waals surface area contributed by atoms with Gasteiger partial charge in [0.05, 0.1) is 26.2 Å². The molecule has 1 aromatic carbocycles. The number of hydrogen-bond acceptors (Lipinski definition) is 7. The lowest BCUT2D eigenvalue weighted by Crippen LogP contribution is -2.46. The number of rotatable bonds is 6. The number of esters is 1. The number of methoxy groups -OCH3 is 2. The molecule has 0 radical (unpaired) electrons. The second kappa shape index (κ2) is 8.03. The molecular weight excluding hydrogens is 342 g/mol. The van der Waals surface area contributed by atoms with Gasteiger partial charge in [-0.3, -0.25) is 9.59 Å². The second-order valence-electron chi connectivity index (χ2n) is 6.42. The Bertz CT molecular complexity index is 678. The maximum atomic E-state index is 11.7. The molecule has 0 aliphatic carbocycles. The minimum Gasteiger partial charge on any atom is -0.487 e. The van der Waals surface area contributed by atoms with Crippen molar-refractivity contribution in [3.05, 3.63) is 23.8 Å². The van der Waals surface area contributed by atoms with Crippen molar-refractivity contribution in [1.29, 1.82) is 0 Å². The molecule has 2 aliphatic heterocycles. The minimum absolute atomic E-state index is 0.0265. The van der Waals surface area contributed by atoms with Gasteiger partial charge >= 0.3 is 5.97 Å². The lowest BCUT2D eigenvalue weighted by atomic mass is 9.84. The van der Waals surface area contributed by atoms with E-state index in [-0.39, 0.29) is 49.6 Å². The molecule has 0 unspecified atom stereocenters. The zero-order chi connectivity index (χ0) is 18.7. The maximum absolute atomic E-state index is 11.7. The number of ether oxygens (including phenoxy) is 4. The zero-order valence-corrected chi connectivity index (χ0v) is 14.8. The highest BCUT2D eigenvalue weighted by Gasteiger charge is 2.46. The van der Waals surface area contributed by atoms with Gasteiger partial charge in [-0.25, -0.2) is 0 Å². The first-order valence-electron chi connectivity index (χ1n) is 8.48. The fourth-order valence-electron chi connectivity index (χ4n) is 3.56. The SMILES string of the molecule is COCC(=O)Nc1ccc2c(c1)[C@@H]1C[C@H](CC(=O)OC)O[C@@H](CO)[C@@H]1O2. The fraction of sp³-hybridized carbons (Fsp3) is 0.556. The van der Waals surface area contributed by atoms with Crippen molar-refractivity contribution in [1.82, 2.24) is 0 Å². The van der Waals surface area contributed by atoms with Gasteiger partial charge in [0.15, 0.2) is 0 Å². The third-order valence-corrected chi connectivity index (χ3v) is 4.68. The predicted molar refractivity (Wildman–Crippen MR) is 91.1 cm³/mol. The minimum atomic E-state index is -0.526. The summed E-state index contributed by atoms with van der Waals surface area (Å²) in [5, 5.41) is 12.4. The molecule has 2 heterocycles. The molecule has 4 atom stereocenters. The highest BCUT2D eigenvalue weighted by atomic mass is 16.6. The van der Waals surface area contributed by atoms with Crippen LogP contribution in [-0.2, 0) is 23.8 Å². The fourth-order valence-corrected chi connectivity index (χ4v) is 3.56. The summed E-state index contributed by atoms with van der Waals surface area (Å²) in [4.78, 5) is 23.3. The lowest BCUT2D eigenvalue weighted by Gasteiger charge is -2.36. The number of amides is 1. The molecule has 3 rings (SSSR count). The molecule has 26 heavy (non-hydrogen) atoms. The Hall–Kier alpha value is -2.16. The zero-order valence-electron chi connectivity index (χ0n) is 14.8. The normalized spacial score (nSPS) is 26.4. The molecule has 8 heteroatoms. The van der Waals surface area contributed by atoms with Gasteiger partial charge in [-0.15, -0.1) is 0 Å². The van der Waals surface area contributed by atoms with Crippen LogP contribution in [0.2, 0.25) is 0 Å². The summed E-state index contributed by atoms with van der Waals surface area (Å²) in [6, 6.07) is 5.41. The molecular formula is C18H23NO7. The summed E-state index contributed by atoms with van der Waals surface area (Å²) in [5.41, 5.74) is 1.58. The highest BCUT2D eigenvalue weighted by molar-refractivity contribution is 5.91. The van der Waals surface area contributed by atoms with Crippen molar-refractivity contribution in [2.75, 3.05) is 32.8 Å². The molecule has 142 valence electrons. The first-order valence-corrected chi connectivity index (χ1v) is 8.48. The van der Waals surface area contributed by atoms with Crippen LogP contribution in [0.3, 0.4) is 0 Å². The summed E-state index contributed by atoms with van der Waals surface area (Å²) >= 11 is 0. The topological polar surface area (TPSA) is 103 Å². The van der Waals surface area contributed by atoms with Crippen molar-refractivity contribution >= 4 is 17.6 Å². The van der Waals surface area contributed by atoms with Gasteiger partial charge < -0.3 is 29.4 Å². The molecule has 1 amide bonds. The molecule has 2 N–H and O–H groups in total. The first kappa shape index (κ1) is 18.6. The van der Waals surface area contributed by atoms with Crippen LogP contribution in [-0.4, -0.2) is 62.7 Å². The number of carbonyl (C=O) groups excluding carboxylic acids is 2. The van der Waals surface area contributed by atoms with Crippen LogP contribution in [0.15, 0.2) is 18.2 Å². The van der Waals surface area contributed by atoms with Crippen LogP contribution < -0.4 is 10.1 Å². The van der Waals surface area contributed by atoms with Crippen molar-refractivity contribution in [2.45, 2.75) is 37.1 Å². The summed E-state index contributed by atoms with van der Waals surface area (Å²) in [7, 11) is 2.79. The van der Waals surface area contributed by atoms with Crippen molar-refractivity contribution in [3.8, 4) is 5.75 Å². The quantitative estimate of drug-likeness (QED) is 0.720. The number of anilines is 1. The standard InChI is InChI=1S/C18H23NO7/c1-23-9-16(21)19-10-3-4-14-12(5-10)13-6-11(7-17(22)24-2)25-15(8-20)18(13)26-14/h3-5,11,13,15,18,20H,6-9H2,1-2H3,(H,19,21)/t11-,13+,15+,18-/m1/s1. The molecule has 1 saturated heterocycles. The van der Waals surface area contributed by atoms with E-state index in [1.807, 2.05) is 6.07 Å². The van der Waals surface area contributed by atoms with E-state index in [4.69, 9.17) is 18.9 Å². The molecule has 0 aromatic heterocycles. The number of carbonyl (C=O) groups is 2. The first-order chi connectivity index (χ1) is 12.5. The van der Waals surface area contributed by atoms with Crippen LogP contribution in [0.1, 0.15) is 24.3 Å². The van der Waals surface area contributed by atoms with Crippen molar-refractivity contribution in [2.24, 2.45) is 0 Å². The van der Waals surface area contributed by atoms with E-state index in [1.54, 1.807) is 12.1 Å². The van der Waals surface area contributed by atoms with Gasteiger partial charge in [0.25, 0.3) is 0 Å². The van der Waals surface area contributed by atoms with E-state index < -0.39 is 6.10 Å². The van der Waals surface area contributed by atoms with Gasteiger partial charge in [-0.2, -0.15) is 0 Å². The number of aliphatic hydroxyl groups excluding tert-OH is 1. The largest absolute Gasteiger partial charge is 0.487 e. The third-order valence-electron chi connectivity index (χ3n) is 4.68. The number of nitrogens with one attached hydrogen (secondary N) is 1. The van der Waals surface area contributed by atoms with Crippen LogP contribution in [0.5, 0.6) is 5.75 Å². The van der Waals surface area contributed by atoms with E-state index >= 15 is 0 Å². The summed E-state index contributed by atoms with van der Waals surface area (Å²) in [6.07, 6.45) is -0.521. The second-order valence-corrected chi connectivity index (χ2v) is 6.42. The Kier molecular flexibility index (Phi) is 5.75. The Morgan fingerprint density at radius 1 is 1.35 bits per heavy atom. The van der Waals surface area contributed by atoms with Gasteiger partial charge in [0, 0.05) is 24.3 Å². The number of fused-ring (bicyclic) bond motifs is 3. The average Bonchev–Trinajstić information content (AvgIpc) is 2.99. The maximum Gasteiger partial charge on any atom is 0.308 e. The molecule has 8 nitrogen and oxygen atoms in total. The Morgan fingerprint density at radius 3 is 2.85 bits per heavy atom. The highest BCUT2D eigenvalue weighted by Crippen LogP contribution is 2.47. The molecule has 0 spiro atoms. The van der Waals surface area contributed by atoms with E-state index in [0.29, 0.717) is 17.9 Å². The van der Waals surface area contributed by atoms with Crippen molar-refractivity contribution < 1.29 is 33.6 Å². The smallest absolute Gasteiger partial charge is 0.308 e. The summed E-state index contributed by atoms with van der Waals surface area (Å²) in [6.45, 7) is -0.231. The Morgan fingerprint density at radius 2 is 2.15 bits per heavy atom. The van der Waals surface area contributed by atoms with Gasteiger partial charge in [-0.05, 0) is 24.6 Å². The number of hydrogen-bond donors (Lipinski definition) is 2. The molecule has 0 saturated carbocycles. The van der Waals surface area contributed by atoms with Gasteiger partial charge in [-0.1, -0.05) is 0 Å². The Labute approximate surface area is 151 Å². The van der Waals surface area contributed by atoms with E-state index in [2.05, 4.69) is 5.32 Å². The lowest BCUT2D eigenvalue weighted by molar-refractivity contribution is -0.156. The number of benzene rings is 1. The summed E-state index contributed by atoms with van der Waals surface area (Å²) in [5.74, 6) is 0.0619. The van der Waals surface area contributed by atoms with E-state index in [0.717, 1.165) is 5.56 Å². The monoisotopic (exact) mass is 365 g/mol. The van der Waals surface area contributed by atoms with Gasteiger partial charge in [0.2, 0.25) is 5.91 Å². The van der Waals surface area contributed by atoms with Crippen molar-refractivity contribution in [3.63, 3.8) is 0 Å². The van der Waals surface area contributed by atoms with Crippen LogP contribution >= 0.6 is 0 Å². The van der Waals surface area contributed by atoms with E-state index in [1.165, 1.54) is 14.2 Å². The molecule has 2 aliphatic rings. The van der Waals surface area contributed by atoms with E-state index in [9.17, 15) is 14.7 Å². The average molecular weight is 365 g/mol. The van der Waals surface area contributed by atoms with Crippen LogP contribution in [0.25, 0.3) is 0 Å². The van der Waals surface area contributed by atoms with Crippen LogP contribution in [0, 0.1) is 0 Å². The Balaban J connectivity index is 1.80. The predicted octanol–water partition coefficient (Wildman–Crippen LogP) is 0.829. The van der Waals surface area contributed by atoms with Crippen LogP contribution in [0.4, 0.5) is 5.69 Å². The third kappa shape index (κ3) is 3.82. The number of aliphatic hydroxyl groups is 1. The molecule has 1 aromatic rings. The molecule has 1 fully saturated rings. The molecule has 0 bridgehead atoms. The van der Waals surface area contributed by atoms with Gasteiger partial charge in [0.1, 0.15) is 24.6 Å².